The summed E-state index contributed by atoms with van der Waals surface area (Å²) in [6.45, 7) is 7.87. The average Bonchev–Trinajstić information content (AvgIpc) is 3.30. The summed E-state index contributed by atoms with van der Waals surface area (Å²) in [7, 11) is 0. The summed E-state index contributed by atoms with van der Waals surface area (Å²) in [5.41, 5.74) is 0. The van der Waals surface area contributed by atoms with E-state index in [0.29, 0.717) is 19.4 Å². The van der Waals surface area contributed by atoms with Crippen LogP contribution >= 0.6 is 0 Å². The highest BCUT2D eigenvalue weighted by Gasteiger charge is 2.17. The summed E-state index contributed by atoms with van der Waals surface area (Å²) in [4.78, 5) is 25.5. The Hall–Kier alpha value is -1.62. The molecule has 1 unspecified atom stereocenters. The second kappa shape index (κ2) is 55.7. The Kier molecular flexibility index (Phi) is 54.3. The van der Waals surface area contributed by atoms with Crippen molar-refractivity contribution in [3.63, 3.8) is 0 Å². The molecule has 5 heteroatoms. The van der Waals surface area contributed by atoms with Gasteiger partial charge >= 0.3 is 11.9 Å². The van der Waals surface area contributed by atoms with Crippen LogP contribution in [-0.2, 0) is 23.8 Å². The van der Waals surface area contributed by atoms with Gasteiger partial charge in [-0.1, -0.05) is 257 Å². The van der Waals surface area contributed by atoms with E-state index in [2.05, 4.69) is 45.1 Å². The lowest BCUT2D eigenvalue weighted by Gasteiger charge is -2.18. The van der Waals surface area contributed by atoms with Crippen molar-refractivity contribution in [3.8, 4) is 0 Å². The van der Waals surface area contributed by atoms with Crippen LogP contribution in [0.15, 0.2) is 24.3 Å². The average molecular weight is 902 g/mol. The van der Waals surface area contributed by atoms with Gasteiger partial charge < -0.3 is 14.2 Å². The Morgan fingerprint density at radius 3 is 0.953 bits per heavy atom. The van der Waals surface area contributed by atoms with Crippen LogP contribution in [0.1, 0.15) is 316 Å². The number of rotatable bonds is 54. The highest BCUT2D eigenvalue weighted by Crippen LogP contribution is 2.16. The third-order valence-electron chi connectivity index (χ3n) is 13.0. The fourth-order valence-corrected chi connectivity index (χ4v) is 8.62. The molecular formula is C59H112O5. The predicted octanol–water partition coefficient (Wildman–Crippen LogP) is 19.6. The summed E-state index contributed by atoms with van der Waals surface area (Å²) >= 11 is 0. The van der Waals surface area contributed by atoms with Crippen molar-refractivity contribution in [2.24, 2.45) is 0 Å². The van der Waals surface area contributed by atoms with Gasteiger partial charge in [-0.3, -0.25) is 9.59 Å². The van der Waals surface area contributed by atoms with Gasteiger partial charge in [0.2, 0.25) is 0 Å². The Morgan fingerprint density at radius 2 is 0.609 bits per heavy atom. The third kappa shape index (κ3) is 53.0. The topological polar surface area (TPSA) is 61.8 Å². The number of hydrogen-bond acceptors (Lipinski definition) is 5. The van der Waals surface area contributed by atoms with E-state index in [0.717, 1.165) is 57.8 Å². The van der Waals surface area contributed by atoms with Crippen molar-refractivity contribution >= 4 is 11.9 Å². The predicted molar refractivity (Wildman–Crippen MR) is 279 cm³/mol. The van der Waals surface area contributed by atoms with Gasteiger partial charge in [-0.2, -0.15) is 0 Å². The zero-order chi connectivity index (χ0) is 46.3. The molecule has 0 N–H and O–H groups in total. The Bertz CT molecular complexity index is 974. The van der Waals surface area contributed by atoms with Crippen LogP contribution in [0.5, 0.6) is 0 Å². The lowest BCUT2D eigenvalue weighted by molar-refractivity contribution is -0.163. The van der Waals surface area contributed by atoms with Crippen molar-refractivity contribution in [1.29, 1.82) is 0 Å². The molecule has 0 aliphatic heterocycles. The minimum absolute atomic E-state index is 0.0845. The van der Waals surface area contributed by atoms with Gasteiger partial charge in [0.25, 0.3) is 0 Å². The van der Waals surface area contributed by atoms with Gasteiger partial charge in [0.05, 0.1) is 6.61 Å². The molecule has 0 fully saturated rings. The maximum atomic E-state index is 12.8. The smallest absolute Gasteiger partial charge is 0.306 e. The molecule has 0 aliphatic carbocycles. The molecule has 0 amide bonds. The number of hydrogen-bond donors (Lipinski definition) is 0. The largest absolute Gasteiger partial charge is 0.462 e. The van der Waals surface area contributed by atoms with Gasteiger partial charge in [-0.05, 0) is 70.6 Å². The van der Waals surface area contributed by atoms with E-state index in [9.17, 15) is 9.59 Å². The van der Waals surface area contributed by atoms with Crippen LogP contribution in [0.3, 0.4) is 0 Å². The minimum Gasteiger partial charge on any atom is -0.462 e. The second-order valence-corrected chi connectivity index (χ2v) is 19.5. The van der Waals surface area contributed by atoms with Crippen LogP contribution in [-0.4, -0.2) is 37.9 Å². The Morgan fingerprint density at radius 1 is 0.328 bits per heavy atom. The summed E-state index contributed by atoms with van der Waals surface area (Å²) in [6.07, 6.45) is 66.2. The first-order valence-corrected chi connectivity index (χ1v) is 28.9. The lowest BCUT2D eigenvalue weighted by Crippen LogP contribution is -2.30. The third-order valence-corrected chi connectivity index (χ3v) is 13.0. The molecule has 0 saturated carbocycles. The number of unbranched alkanes of at least 4 members (excludes halogenated alkanes) is 39. The fraction of sp³-hybridized carbons (Fsp3) is 0.898. The van der Waals surface area contributed by atoms with Gasteiger partial charge in [0.1, 0.15) is 6.61 Å². The van der Waals surface area contributed by atoms with Crippen molar-refractivity contribution < 1.29 is 23.8 Å². The molecule has 64 heavy (non-hydrogen) atoms. The van der Waals surface area contributed by atoms with Crippen LogP contribution < -0.4 is 0 Å². The van der Waals surface area contributed by atoms with E-state index in [1.54, 1.807) is 0 Å². The maximum absolute atomic E-state index is 12.8. The van der Waals surface area contributed by atoms with Gasteiger partial charge in [0, 0.05) is 19.4 Å². The van der Waals surface area contributed by atoms with Crippen molar-refractivity contribution in [2.45, 2.75) is 322 Å². The fourth-order valence-electron chi connectivity index (χ4n) is 8.62. The molecule has 0 heterocycles. The van der Waals surface area contributed by atoms with E-state index in [-0.39, 0.29) is 25.2 Å². The first kappa shape index (κ1) is 62.4. The van der Waals surface area contributed by atoms with Gasteiger partial charge in [0.15, 0.2) is 6.10 Å². The molecule has 0 radical (unpaired) electrons. The standard InChI is InChI=1S/C59H112O5/c1-4-7-10-13-16-19-22-25-28-29-30-33-36-39-42-45-48-51-54-62-55-57(64-59(61)53-50-47-44-41-38-35-32-27-24-21-18-15-12-9-6-3)56-63-58(60)52-49-46-43-40-37-34-31-26-23-20-17-14-11-8-5-2/h26-27,31-32,57H,4-25,28-30,33-56H2,1-3H3/b31-26-,32-27-. The Balaban J connectivity index is 4.23. The summed E-state index contributed by atoms with van der Waals surface area (Å²) in [5, 5.41) is 0. The number of esters is 2. The quantitative estimate of drug-likeness (QED) is 0.0346. The normalized spacial score (nSPS) is 12.2. The molecule has 0 aliphatic rings. The molecule has 0 aromatic heterocycles. The molecule has 0 aromatic carbocycles. The molecule has 0 rings (SSSR count). The highest BCUT2D eigenvalue weighted by molar-refractivity contribution is 5.70. The first-order valence-electron chi connectivity index (χ1n) is 28.9. The molecule has 1 atom stereocenters. The van der Waals surface area contributed by atoms with Crippen LogP contribution in [0.2, 0.25) is 0 Å². The Labute approximate surface area is 400 Å². The molecule has 0 saturated heterocycles. The summed E-state index contributed by atoms with van der Waals surface area (Å²) in [5.74, 6) is -0.396. The summed E-state index contributed by atoms with van der Waals surface area (Å²) in [6, 6.07) is 0. The molecule has 5 nitrogen and oxygen atoms in total. The molecule has 0 bridgehead atoms. The van der Waals surface area contributed by atoms with Gasteiger partial charge in [-0.15, -0.1) is 0 Å². The SMILES string of the molecule is CCCCCCCC/C=C\CCCCCCCC(=O)OCC(COCCCCCCCCCCCCCCCCCCCC)OC(=O)CCCCCCC/C=C\CCCCCCCC. The van der Waals surface area contributed by atoms with Crippen LogP contribution in [0.4, 0.5) is 0 Å². The van der Waals surface area contributed by atoms with E-state index in [4.69, 9.17) is 14.2 Å². The highest BCUT2D eigenvalue weighted by atomic mass is 16.6. The second-order valence-electron chi connectivity index (χ2n) is 19.5. The van der Waals surface area contributed by atoms with E-state index in [1.165, 1.54) is 225 Å². The van der Waals surface area contributed by atoms with E-state index in [1.807, 2.05) is 0 Å². The van der Waals surface area contributed by atoms with Crippen LogP contribution in [0, 0.1) is 0 Å². The molecule has 0 spiro atoms. The molecule has 0 aromatic rings. The maximum Gasteiger partial charge on any atom is 0.306 e. The van der Waals surface area contributed by atoms with E-state index >= 15 is 0 Å². The first-order chi connectivity index (χ1) is 31.6. The monoisotopic (exact) mass is 901 g/mol. The molecular weight excluding hydrogens is 789 g/mol. The van der Waals surface area contributed by atoms with Crippen molar-refractivity contribution in [3.05, 3.63) is 24.3 Å². The molecule has 378 valence electrons. The zero-order valence-corrected chi connectivity index (χ0v) is 43.6. The number of ether oxygens (including phenoxy) is 3. The van der Waals surface area contributed by atoms with Crippen LogP contribution in [0.25, 0.3) is 0 Å². The number of allylic oxidation sites excluding steroid dienone is 4. The summed E-state index contributed by atoms with van der Waals surface area (Å²) < 4.78 is 17.5. The minimum atomic E-state index is -0.538. The number of carbonyl (C=O) groups excluding carboxylic acids is 2. The van der Waals surface area contributed by atoms with Crippen molar-refractivity contribution in [2.75, 3.05) is 19.8 Å². The van der Waals surface area contributed by atoms with E-state index < -0.39 is 6.10 Å². The van der Waals surface area contributed by atoms with Crippen molar-refractivity contribution in [1.82, 2.24) is 0 Å². The lowest BCUT2D eigenvalue weighted by atomic mass is 10.0. The van der Waals surface area contributed by atoms with Gasteiger partial charge in [-0.25, -0.2) is 0 Å². The number of carbonyl (C=O) groups is 2. The zero-order valence-electron chi connectivity index (χ0n) is 43.6.